The fraction of sp³-hybridized carbons (Fsp3) is 0.929. The Morgan fingerprint density at radius 1 is 1.28 bits per heavy atom. The van der Waals surface area contributed by atoms with E-state index in [-0.39, 0.29) is 12.0 Å². The number of rotatable bonds is 7. The molecular formula is C14H28N2O2. The van der Waals surface area contributed by atoms with E-state index in [2.05, 4.69) is 17.1 Å². The van der Waals surface area contributed by atoms with Crippen molar-refractivity contribution in [3.8, 4) is 0 Å². The molecule has 0 aliphatic carbocycles. The number of carbonyl (C=O) groups excluding carboxylic acids is 1. The molecule has 0 aromatic heterocycles. The Hall–Kier alpha value is -0.610. The molecule has 0 aromatic rings. The first-order valence-electron chi connectivity index (χ1n) is 7.33. The molecule has 1 fully saturated rings. The number of nitrogens with zero attached hydrogens (tertiary/aromatic N) is 1. The van der Waals surface area contributed by atoms with Crippen LogP contribution in [0.3, 0.4) is 0 Å². The molecule has 0 bridgehead atoms. The van der Waals surface area contributed by atoms with Gasteiger partial charge in [-0.2, -0.15) is 0 Å². The quantitative estimate of drug-likeness (QED) is 0.705. The Labute approximate surface area is 111 Å². The minimum atomic E-state index is -0.155. The molecule has 0 radical (unpaired) electrons. The molecular weight excluding hydrogens is 228 g/mol. The SMILES string of the molecule is CCOC(=O)C(CC)NCC(C)N1CCCCC1. The molecule has 1 N–H and O–H groups in total. The fourth-order valence-corrected chi connectivity index (χ4v) is 2.44. The van der Waals surface area contributed by atoms with Gasteiger partial charge in [-0.05, 0) is 46.2 Å². The van der Waals surface area contributed by atoms with Gasteiger partial charge in [-0.25, -0.2) is 0 Å². The van der Waals surface area contributed by atoms with Gasteiger partial charge in [0.05, 0.1) is 6.61 Å². The fourth-order valence-electron chi connectivity index (χ4n) is 2.44. The minimum absolute atomic E-state index is 0.120. The molecule has 1 aliphatic rings. The average Bonchev–Trinajstić information content (AvgIpc) is 2.40. The first-order chi connectivity index (χ1) is 8.69. The molecule has 106 valence electrons. The number of hydrogen-bond acceptors (Lipinski definition) is 4. The van der Waals surface area contributed by atoms with Crippen LogP contribution >= 0.6 is 0 Å². The van der Waals surface area contributed by atoms with Crippen LogP contribution in [0.15, 0.2) is 0 Å². The summed E-state index contributed by atoms with van der Waals surface area (Å²) in [7, 11) is 0. The van der Waals surface area contributed by atoms with E-state index in [1.54, 1.807) is 0 Å². The zero-order chi connectivity index (χ0) is 13.4. The van der Waals surface area contributed by atoms with Gasteiger partial charge in [0, 0.05) is 12.6 Å². The number of likely N-dealkylation sites (tertiary alicyclic amines) is 1. The van der Waals surface area contributed by atoms with Crippen molar-refractivity contribution >= 4 is 5.97 Å². The van der Waals surface area contributed by atoms with Crippen molar-refractivity contribution in [2.24, 2.45) is 0 Å². The van der Waals surface area contributed by atoms with Crippen molar-refractivity contribution in [1.82, 2.24) is 10.2 Å². The van der Waals surface area contributed by atoms with Gasteiger partial charge in [0.1, 0.15) is 6.04 Å². The highest BCUT2D eigenvalue weighted by Gasteiger charge is 2.21. The Bertz CT molecular complexity index is 240. The summed E-state index contributed by atoms with van der Waals surface area (Å²) in [5.41, 5.74) is 0. The van der Waals surface area contributed by atoms with E-state index in [0.717, 1.165) is 13.0 Å². The molecule has 4 heteroatoms. The third-order valence-corrected chi connectivity index (χ3v) is 3.65. The zero-order valence-electron chi connectivity index (χ0n) is 12.1. The van der Waals surface area contributed by atoms with Crippen molar-refractivity contribution in [2.45, 2.75) is 58.5 Å². The first kappa shape index (κ1) is 15.4. The van der Waals surface area contributed by atoms with Crippen LogP contribution in [0, 0.1) is 0 Å². The first-order valence-corrected chi connectivity index (χ1v) is 7.33. The Morgan fingerprint density at radius 3 is 2.50 bits per heavy atom. The summed E-state index contributed by atoms with van der Waals surface area (Å²) in [6.45, 7) is 9.80. The number of hydrogen-bond donors (Lipinski definition) is 1. The maximum atomic E-state index is 11.7. The second kappa shape index (κ2) is 8.48. The summed E-state index contributed by atoms with van der Waals surface area (Å²) in [6.07, 6.45) is 4.75. The van der Waals surface area contributed by atoms with Crippen LogP contribution in [-0.4, -0.2) is 49.2 Å². The summed E-state index contributed by atoms with van der Waals surface area (Å²) in [6, 6.07) is 0.339. The summed E-state index contributed by atoms with van der Waals surface area (Å²) in [5.74, 6) is -0.120. The van der Waals surface area contributed by atoms with E-state index in [1.807, 2.05) is 13.8 Å². The lowest BCUT2D eigenvalue weighted by Gasteiger charge is -2.33. The molecule has 1 saturated heterocycles. The standard InChI is InChI=1S/C14H28N2O2/c1-4-13(14(17)18-5-2)15-11-12(3)16-9-7-6-8-10-16/h12-13,15H,4-11H2,1-3H3. The van der Waals surface area contributed by atoms with Gasteiger partial charge in [0.2, 0.25) is 0 Å². The normalized spacial score (nSPS) is 20.4. The maximum Gasteiger partial charge on any atom is 0.323 e. The second-order valence-electron chi connectivity index (χ2n) is 5.07. The molecule has 1 aliphatic heterocycles. The molecule has 0 saturated carbocycles. The molecule has 4 nitrogen and oxygen atoms in total. The number of esters is 1. The molecule has 0 spiro atoms. The lowest BCUT2D eigenvalue weighted by atomic mass is 10.1. The van der Waals surface area contributed by atoms with E-state index in [1.165, 1.54) is 32.4 Å². The van der Waals surface area contributed by atoms with Gasteiger partial charge in [-0.1, -0.05) is 13.3 Å². The highest BCUT2D eigenvalue weighted by molar-refractivity contribution is 5.75. The molecule has 0 amide bonds. The monoisotopic (exact) mass is 256 g/mol. The predicted octanol–water partition coefficient (Wildman–Crippen LogP) is 1.79. The highest BCUT2D eigenvalue weighted by Crippen LogP contribution is 2.11. The van der Waals surface area contributed by atoms with Gasteiger partial charge < -0.3 is 10.1 Å². The maximum absolute atomic E-state index is 11.7. The van der Waals surface area contributed by atoms with Crippen LogP contribution in [0.4, 0.5) is 0 Å². The summed E-state index contributed by atoms with van der Waals surface area (Å²) < 4.78 is 5.06. The lowest BCUT2D eigenvalue weighted by molar-refractivity contribution is -0.145. The van der Waals surface area contributed by atoms with Crippen LogP contribution in [-0.2, 0) is 9.53 Å². The largest absolute Gasteiger partial charge is 0.465 e. The van der Waals surface area contributed by atoms with Crippen LogP contribution in [0.5, 0.6) is 0 Å². The minimum Gasteiger partial charge on any atom is -0.465 e. The second-order valence-corrected chi connectivity index (χ2v) is 5.07. The number of piperidine rings is 1. The van der Waals surface area contributed by atoms with E-state index in [0.29, 0.717) is 12.6 Å². The number of carbonyl (C=O) groups is 1. The molecule has 2 unspecified atom stereocenters. The van der Waals surface area contributed by atoms with Crippen molar-refractivity contribution < 1.29 is 9.53 Å². The molecule has 18 heavy (non-hydrogen) atoms. The molecule has 1 rings (SSSR count). The van der Waals surface area contributed by atoms with E-state index >= 15 is 0 Å². The topological polar surface area (TPSA) is 41.6 Å². The lowest BCUT2D eigenvalue weighted by Crippen LogP contribution is -2.47. The molecule has 2 atom stereocenters. The smallest absolute Gasteiger partial charge is 0.323 e. The van der Waals surface area contributed by atoms with E-state index in [4.69, 9.17) is 4.74 Å². The van der Waals surface area contributed by atoms with Gasteiger partial charge in [0.15, 0.2) is 0 Å². The van der Waals surface area contributed by atoms with Crippen LogP contribution < -0.4 is 5.32 Å². The Kier molecular flexibility index (Phi) is 7.28. The third-order valence-electron chi connectivity index (χ3n) is 3.65. The predicted molar refractivity (Wildman–Crippen MR) is 73.6 cm³/mol. The average molecular weight is 256 g/mol. The highest BCUT2D eigenvalue weighted by atomic mass is 16.5. The van der Waals surface area contributed by atoms with Crippen LogP contribution in [0.25, 0.3) is 0 Å². The summed E-state index contributed by atoms with van der Waals surface area (Å²) in [5, 5.41) is 3.33. The zero-order valence-corrected chi connectivity index (χ0v) is 12.1. The summed E-state index contributed by atoms with van der Waals surface area (Å²) >= 11 is 0. The summed E-state index contributed by atoms with van der Waals surface area (Å²) in [4.78, 5) is 14.2. The van der Waals surface area contributed by atoms with Gasteiger partial charge in [-0.15, -0.1) is 0 Å². The number of ether oxygens (including phenoxy) is 1. The van der Waals surface area contributed by atoms with Crippen molar-refractivity contribution in [3.05, 3.63) is 0 Å². The number of nitrogens with one attached hydrogen (secondary N) is 1. The third kappa shape index (κ3) is 4.94. The Balaban J connectivity index is 2.30. The van der Waals surface area contributed by atoms with Gasteiger partial charge in [0.25, 0.3) is 0 Å². The van der Waals surface area contributed by atoms with Crippen LogP contribution in [0.1, 0.15) is 46.5 Å². The van der Waals surface area contributed by atoms with E-state index in [9.17, 15) is 4.79 Å². The van der Waals surface area contributed by atoms with Crippen LogP contribution in [0.2, 0.25) is 0 Å². The van der Waals surface area contributed by atoms with Crippen molar-refractivity contribution in [1.29, 1.82) is 0 Å². The van der Waals surface area contributed by atoms with Crippen molar-refractivity contribution in [3.63, 3.8) is 0 Å². The van der Waals surface area contributed by atoms with E-state index < -0.39 is 0 Å². The van der Waals surface area contributed by atoms with Gasteiger partial charge in [-0.3, -0.25) is 9.69 Å². The van der Waals surface area contributed by atoms with Crippen molar-refractivity contribution in [2.75, 3.05) is 26.2 Å². The molecule has 0 aromatic carbocycles. The Morgan fingerprint density at radius 2 is 1.94 bits per heavy atom. The van der Waals surface area contributed by atoms with Gasteiger partial charge >= 0.3 is 5.97 Å². The molecule has 1 heterocycles.